The topological polar surface area (TPSA) is 104 Å². The summed E-state index contributed by atoms with van der Waals surface area (Å²) in [7, 11) is 4.02. The molecule has 0 aromatic carbocycles. The monoisotopic (exact) mass is 571 g/mol. The van der Waals surface area contributed by atoms with Gasteiger partial charge in [0.2, 0.25) is 5.91 Å². The van der Waals surface area contributed by atoms with Crippen LogP contribution in [0.1, 0.15) is 65.3 Å². The molecule has 1 saturated carbocycles. The number of likely N-dealkylation sites (N-methyl/N-ethyl adjacent to an activating group) is 1. The van der Waals surface area contributed by atoms with Crippen molar-refractivity contribution in [2.45, 2.75) is 64.6 Å². The summed E-state index contributed by atoms with van der Waals surface area (Å²) in [4.78, 5) is 34.6. The van der Waals surface area contributed by atoms with Gasteiger partial charge in [-0.1, -0.05) is 37.3 Å². The Morgan fingerprint density at radius 1 is 1.23 bits per heavy atom. The summed E-state index contributed by atoms with van der Waals surface area (Å²) in [5.74, 6) is -0.0152. The van der Waals surface area contributed by atoms with E-state index in [-0.39, 0.29) is 17.9 Å². The summed E-state index contributed by atoms with van der Waals surface area (Å²) >= 11 is 7.53. The van der Waals surface area contributed by atoms with E-state index in [0.29, 0.717) is 27.9 Å². The molecule has 0 bridgehead atoms. The third-order valence-corrected chi connectivity index (χ3v) is 8.52. The standard InChI is InChI=1S/C28H38ClN7O2S/c1-18-23(14-21(29)15-30-18)32-19(2)25-9-10-26(39-25)28(38)34-24(13-20-7-5-6-8-20)27(37)33-22-16-31-36(17-22)12-11-35(3)4/h9-10,14-17,19-20,24,32H,5-8,11-13H2,1-4H3,(H,33,37)(H,34,38). The van der Waals surface area contributed by atoms with Crippen molar-refractivity contribution < 1.29 is 9.59 Å². The van der Waals surface area contributed by atoms with E-state index in [2.05, 4.69) is 30.9 Å². The Kier molecular flexibility index (Phi) is 9.99. The number of pyridine rings is 1. The Morgan fingerprint density at radius 2 is 2.00 bits per heavy atom. The minimum Gasteiger partial charge on any atom is -0.376 e. The third kappa shape index (κ3) is 8.27. The van der Waals surface area contributed by atoms with E-state index in [9.17, 15) is 9.59 Å². The SMILES string of the molecule is Cc1ncc(Cl)cc1NC(C)c1ccc(C(=O)NC(CC2CCCC2)C(=O)Nc2cnn(CCN(C)C)c2)s1. The molecule has 1 aliphatic rings. The Balaban J connectivity index is 1.41. The highest BCUT2D eigenvalue weighted by Gasteiger charge is 2.28. The Bertz CT molecular complexity index is 1270. The molecular formula is C28H38ClN7O2S. The molecule has 3 aromatic heterocycles. The van der Waals surface area contributed by atoms with E-state index >= 15 is 0 Å². The molecule has 2 amide bonds. The van der Waals surface area contributed by atoms with Crippen LogP contribution in [0, 0.1) is 12.8 Å². The molecule has 39 heavy (non-hydrogen) atoms. The van der Waals surface area contributed by atoms with Crippen LogP contribution in [0.5, 0.6) is 0 Å². The normalized spacial score (nSPS) is 15.3. The van der Waals surface area contributed by atoms with E-state index in [1.807, 2.05) is 57.0 Å². The van der Waals surface area contributed by atoms with Gasteiger partial charge < -0.3 is 20.9 Å². The number of nitrogens with zero attached hydrogens (tertiary/aromatic N) is 4. The lowest BCUT2D eigenvalue weighted by atomic mass is 9.97. The van der Waals surface area contributed by atoms with Crippen LogP contribution in [0.2, 0.25) is 5.02 Å². The third-order valence-electron chi connectivity index (χ3n) is 7.05. The number of hydrogen-bond donors (Lipinski definition) is 3. The van der Waals surface area contributed by atoms with Crippen LogP contribution in [-0.2, 0) is 11.3 Å². The van der Waals surface area contributed by atoms with Crippen molar-refractivity contribution in [3.05, 3.63) is 57.3 Å². The van der Waals surface area contributed by atoms with Gasteiger partial charge in [-0.2, -0.15) is 5.10 Å². The van der Waals surface area contributed by atoms with E-state index < -0.39 is 6.04 Å². The Hall–Kier alpha value is -2.95. The Labute approximate surface area is 239 Å². The van der Waals surface area contributed by atoms with Crippen LogP contribution in [-0.4, -0.2) is 58.2 Å². The van der Waals surface area contributed by atoms with Crippen molar-refractivity contribution >= 4 is 46.1 Å². The molecule has 0 spiro atoms. The van der Waals surface area contributed by atoms with Gasteiger partial charge in [-0.3, -0.25) is 19.3 Å². The predicted octanol–water partition coefficient (Wildman–Crippen LogP) is 5.35. The highest BCUT2D eigenvalue weighted by molar-refractivity contribution is 7.14. The number of carbonyl (C=O) groups excluding carboxylic acids is 2. The van der Waals surface area contributed by atoms with Gasteiger partial charge in [0.05, 0.1) is 45.8 Å². The van der Waals surface area contributed by atoms with E-state index in [0.717, 1.165) is 42.2 Å². The lowest BCUT2D eigenvalue weighted by Crippen LogP contribution is -2.44. The molecular weight excluding hydrogens is 534 g/mol. The summed E-state index contributed by atoms with van der Waals surface area (Å²) in [6, 6.07) is 4.94. The summed E-state index contributed by atoms with van der Waals surface area (Å²) in [5, 5.41) is 14.3. The molecule has 11 heteroatoms. The smallest absolute Gasteiger partial charge is 0.262 e. The van der Waals surface area contributed by atoms with Gasteiger partial charge in [-0.15, -0.1) is 11.3 Å². The molecule has 0 aliphatic heterocycles. The summed E-state index contributed by atoms with van der Waals surface area (Å²) < 4.78 is 1.81. The average Bonchev–Trinajstić information content (AvgIpc) is 3.67. The van der Waals surface area contributed by atoms with Gasteiger partial charge in [0, 0.05) is 23.8 Å². The van der Waals surface area contributed by atoms with E-state index in [4.69, 9.17) is 11.6 Å². The number of anilines is 2. The van der Waals surface area contributed by atoms with Crippen LogP contribution >= 0.6 is 22.9 Å². The van der Waals surface area contributed by atoms with Crippen molar-refractivity contribution in [3.8, 4) is 0 Å². The zero-order valence-corrected chi connectivity index (χ0v) is 24.6. The minimum absolute atomic E-state index is 0.0443. The van der Waals surface area contributed by atoms with Crippen molar-refractivity contribution in [3.63, 3.8) is 0 Å². The summed E-state index contributed by atoms with van der Waals surface area (Å²) in [6.07, 6.45) is 10.3. The fourth-order valence-corrected chi connectivity index (χ4v) is 5.86. The first-order valence-corrected chi connectivity index (χ1v) is 14.6. The van der Waals surface area contributed by atoms with Crippen molar-refractivity contribution in [2.75, 3.05) is 31.3 Å². The van der Waals surface area contributed by atoms with Crippen molar-refractivity contribution in [1.82, 2.24) is 25.0 Å². The molecule has 210 valence electrons. The lowest BCUT2D eigenvalue weighted by Gasteiger charge is -2.21. The highest BCUT2D eigenvalue weighted by atomic mass is 35.5. The van der Waals surface area contributed by atoms with Gasteiger partial charge >= 0.3 is 0 Å². The lowest BCUT2D eigenvalue weighted by molar-refractivity contribution is -0.118. The maximum absolute atomic E-state index is 13.3. The Morgan fingerprint density at radius 3 is 2.74 bits per heavy atom. The molecule has 9 nitrogen and oxygen atoms in total. The fourth-order valence-electron chi connectivity index (χ4n) is 4.79. The predicted molar refractivity (Wildman–Crippen MR) is 158 cm³/mol. The second-order valence-electron chi connectivity index (χ2n) is 10.6. The fraction of sp³-hybridized carbons (Fsp3) is 0.500. The number of rotatable bonds is 12. The molecule has 1 aliphatic carbocycles. The van der Waals surface area contributed by atoms with Gasteiger partial charge in [0.1, 0.15) is 6.04 Å². The minimum atomic E-state index is -0.619. The van der Waals surface area contributed by atoms with Crippen molar-refractivity contribution in [1.29, 1.82) is 0 Å². The van der Waals surface area contributed by atoms with Crippen molar-refractivity contribution in [2.24, 2.45) is 5.92 Å². The van der Waals surface area contributed by atoms with Gasteiger partial charge in [-0.25, -0.2) is 0 Å². The van der Waals surface area contributed by atoms with Gasteiger partial charge in [0.15, 0.2) is 0 Å². The van der Waals surface area contributed by atoms with Crippen LogP contribution < -0.4 is 16.0 Å². The molecule has 4 rings (SSSR count). The zero-order valence-electron chi connectivity index (χ0n) is 23.0. The van der Waals surface area contributed by atoms with Crippen LogP contribution in [0.4, 0.5) is 11.4 Å². The van der Waals surface area contributed by atoms with Gasteiger partial charge in [-0.05, 0) is 58.5 Å². The number of carbonyl (C=O) groups is 2. The first-order chi connectivity index (χ1) is 18.7. The van der Waals surface area contributed by atoms with Crippen LogP contribution in [0.3, 0.4) is 0 Å². The highest BCUT2D eigenvalue weighted by Crippen LogP contribution is 2.30. The molecule has 3 N–H and O–H groups in total. The maximum atomic E-state index is 13.3. The maximum Gasteiger partial charge on any atom is 0.262 e. The summed E-state index contributed by atoms with van der Waals surface area (Å²) in [6.45, 7) is 5.53. The zero-order chi connectivity index (χ0) is 27.9. The largest absolute Gasteiger partial charge is 0.376 e. The number of thiophene rings is 1. The molecule has 0 saturated heterocycles. The number of hydrogen-bond acceptors (Lipinski definition) is 7. The van der Waals surface area contributed by atoms with Crippen LogP contribution in [0.15, 0.2) is 36.8 Å². The van der Waals surface area contributed by atoms with E-state index in [1.54, 1.807) is 12.4 Å². The van der Waals surface area contributed by atoms with Crippen LogP contribution in [0.25, 0.3) is 0 Å². The average molecular weight is 572 g/mol. The quantitative estimate of drug-likeness (QED) is 0.271. The number of nitrogens with one attached hydrogen (secondary N) is 3. The number of amides is 2. The second-order valence-corrected chi connectivity index (χ2v) is 12.1. The first-order valence-electron chi connectivity index (χ1n) is 13.4. The number of aromatic nitrogens is 3. The number of aryl methyl sites for hydroxylation is 1. The van der Waals surface area contributed by atoms with E-state index in [1.165, 1.54) is 24.2 Å². The second kappa shape index (κ2) is 13.4. The first kappa shape index (κ1) is 29.0. The summed E-state index contributed by atoms with van der Waals surface area (Å²) in [5.41, 5.74) is 2.34. The molecule has 2 atom stereocenters. The molecule has 3 heterocycles. The molecule has 0 radical (unpaired) electrons. The molecule has 1 fully saturated rings. The number of halogens is 1. The molecule has 3 aromatic rings. The molecule has 2 unspecified atom stereocenters. The van der Waals surface area contributed by atoms with Gasteiger partial charge in [0.25, 0.3) is 5.91 Å².